The molecule has 6 heteroatoms. The normalized spacial score (nSPS) is 16.3. The third kappa shape index (κ3) is 4.22. The Bertz CT molecular complexity index is 930. The highest BCUT2D eigenvalue weighted by Gasteiger charge is 2.29. The Kier molecular flexibility index (Phi) is 5.67. The third-order valence-corrected chi connectivity index (χ3v) is 7.10. The van der Waals surface area contributed by atoms with Crippen LogP contribution in [0.4, 0.5) is 0 Å². The van der Waals surface area contributed by atoms with Gasteiger partial charge in [0.1, 0.15) is 0 Å². The molecule has 0 aromatic heterocycles. The first-order valence-corrected chi connectivity index (χ1v) is 10.7. The molecule has 0 radical (unpaired) electrons. The molecule has 27 heavy (non-hydrogen) atoms. The summed E-state index contributed by atoms with van der Waals surface area (Å²) in [5.41, 5.74) is 3.18. The summed E-state index contributed by atoms with van der Waals surface area (Å²) in [4.78, 5) is 12.9. The predicted octanol–water partition coefficient (Wildman–Crippen LogP) is 3.58. The van der Waals surface area contributed by atoms with Crippen LogP contribution in [0.2, 0.25) is 0 Å². The fraction of sp³-hybridized carbons (Fsp3) is 0.381. The van der Waals surface area contributed by atoms with E-state index in [9.17, 15) is 13.2 Å². The van der Waals surface area contributed by atoms with Gasteiger partial charge in [-0.2, -0.15) is 4.31 Å². The monoisotopic (exact) mass is 386 g/mol. The highest BCUT2D eigenvalue weighted by Crippen LogP contribution is 2.25. The molecule has 1 heterocycles. The third-order valence-electron chi connectivity index (χ3n) is 5.06. The van der Waals surface area contributed by atoms with Crippen LogP contribution in [-0.2, 0) is 10.0 Å². The van der Waals surface area contributed by atoms with Gasteiger partial charge in [0, 0.05) is 18.7 Å². The molecule has 1 saturated heterocycles. The Morgan fingerprint density at radius 3 is 2.30 bits per heavy atom. The maximum atomic E-state index is 12.9. The second kappa shape index (κ2) is 7.82. The van der Waals surface area contributed by atoms with Crippen molar-refractivity contribution in [1.82, 2.24) is 9.62 Å². The van der Waals surface area contributed by atoms with Gasteiger partial charge >= 0.3 is 0 Å². The fourth-order valence-corrected chi connectivity index (χ4v) is 5.07. The predicted molar refractivity (Wildman–Crippen MR) is 106 cm³/mol. The number of aryl methyl sites for hydroxylation is 2. The van der Waals surface area contributed by atoms with E-state index in [1.807, 2.05) is 38.1 Å². The van der Waals surface area contributed by atoms with Crippen molar-refractivity contribution in [3.63, 3.8) is 0 Å². The summed E-state index contributed by atoms with van der Waals surface area (Å²) in [6.45, 7) is 6.78. The Labute approximate surface area is 161 Å². The molecule has 0 spiro atoms. The van der Waals surface area contributed by atoms with E-state index < -0.39 is 10.0 Å². The maximum absolute atomic E-state index is 12.9. The lowest BCUT2D eigenvalue weighted by atomic mass is 10.1. The van der Waals surface area contributed by atoms with Gasteiger partial charge in [-0.05, 0) is 56.9 Å². The molecule has 0 bridgehead atoms. The van der Waals surface area contributed by atoms with Crippen LogP contribution in [0, 0.1) is 13.8 Å². The van der Waals surface area contributed by atoms with Crippen LogP contribution < -0.4 is 5.32 Å². The van der Waals surface area contributed by atoms with E-state index in [4.69, 9.17) is 0 Å². The molecule has 1 aliphatic rings. The molecule has 144 valence electrons. The summed E-state index contributed by atoms with van der Waals surface area (Å²) in [5, 5.41) is 2.95. The molecule has 0 saturated carbocycles. The Morgan fingerprint density at radius 2 is 1.67 bits per heavy atom. The first-order valence-electron chi connectivity index (χ1n) is 9.27. The summed E-state index contributed by atoms with van der Waals surface area (Å²) in [6, 6.07) is 12.7. The Balaban J connectivity index is 1.82. The molecular weight excluding hydrogens is 360 g/mol. The smallest absolute Gasteiger partial charge is 0.251 e. The molecule has 2 aromatic carbocycles. The number of sulfonamides is 1. The molecule has 3 rings (SSSR count). The molecule has 1 atom stereocenters. The first kappa shape index (κ1) is 19.6. The maximum Gasteiger partial charge on any atom is 0.251 e. The average molecular weight is 387 g/mol. The van der Waals surface area contributed by atoms with Crippen LogP contribution in [0.1, 0.15) is 52.9 Å². The summed E-state index contributed by atoms with van der Waals surface area (Å²) in [7, 11) is -3.56. The molecule has 1 fully saturated rings. The van der Waals surface area contributed by atoms with Crippen molar-refractivity contribution in [3.8, 4) is 0 Å². The molecular formula is C21H26N2O3S. The van der Waals surface area contributed by atoms with E-state index in [1.54, 1.807) is 19.1 Å². The highest BCUT2D eigenvalue weighted by atomic mass is 32.2. The van der Waals surface area contributed by atoms with Gasteiger partial charge in [0.2, 0.25) is 10.0 Å². The molecule has 5 nitrogen and oxygen atoms in total. The SMILES string of the molecule is Cc1ccc([C@@H](C)NC(=O)c2ccc(C)c(S(=O)(=O)N3CCCC3)c2)cc1. The van der Waals surface area contributed by atoms with E-state index in [-0.39, 0.29) is 16.8 Å². The molecule has 1 amide bonds. The van der Waals surface area contributed by atoms with E-state index >= 15 is 0 Å². The number of rotatable bonds is 5. The minimum atomic E-state index is -3.56. The largest absolute Gasteiger partial charge is 0.346 e. The molecule has 2 aromatic rings. The Hall–Kier alpha value is -2.18. The second-order valence-corrected chi connectivity index (χ2v) is 9.10. The number of benzene rings is 2. The van der Waals surface area contributed by atoms with Crippen LogP contribution in [0.15, 0.2) is 47.4 Å². The Morgan fingerprint density at radius 1 is 1.04 bits per heavy atom. The summed E-state index contributed by atoms with van der Waals surface area (Å²) in [5.74, 6) is -0.277. The van der Waals surface area contributed by atoms with Gasteiger partial charge in [0.25, 0.3) is 5.91 Å². The van der Waals surface area contributed by atoms with E-state index in [2.05, 4.69) is 5.32 Å². The van der Waals surface area contributed by atoms with Gasteiger partial charge in [0.15, 0.2) is 0 Å². The number of amides is 1. The second-order valence-electron chi connectivity index (χ2n) is 7.20. The van der Waals surface area contributed by atoms with Crippen molar-refractivity contribution < 1.29 is 13.2 Å². The number of nitrogens with zero attached hydrogens (tertiary/aromatic N) is 1. The van der Waals surface area contributed by atoms with Crippen LogP contribution >= 0.6 is 0 Å². The summed E-state index contributed by atoms with van der Waals surface area (Å²) < 4.78 is 27.3. The molecule has 0 unspecified atom stereocenters. The number of hydrogen-bond donors (Lipinski definition) is 1. The van der Waals surface area contributed by atoms with Crippen molar-refractivity contribution in [2.45, 2.75) is 44.6 Å². The number of carbonyl (C=O) groups excluding carboxylic acids is 1. The molecule has 1 N–H and O–H groups in total. The zero-order valence-corrected chi connectivity index (χ0v) is 16.8. The van der Waals surface area contributed by atoms with Gasteiger partial charge in [-0.15, -0.1) is 0 Å². The van der Waals surface area contributed by atoms with Crippen LogP contribution in [0.5, 0.6) is 0 Å². The lowest BCUT2D eigenvalue weighted by Crippen LogP contribution is -2.30. The standard InChI is InChI=1S/C21H26N2O3S/c1-15-6-9-18(10-7-15)17(3)22-21(24)19-11-8-16(2)20(14-19)27(25,26)23-12-4-5-13-23/h6-11,14,17H,4-5,12-13H2,1-3H3,(H,22,24)/t17-/m1/s1. The lowest BCUT2D eigenvalue weighted by molar-refractivity contribution is 0.0939. The zero-order chi connectivity index (χ0) is 19.6. The van der Waals surface area contributed by atoms with E-state index in [0.717, 1.165) is 24.0 Å². The summed E-state index contributed by atoms with van der Waals surface area (Å²) >= 11 is 0. The summed E-state index contributed by atoms with van der Waals surface area (Å²) in [6.07, 6.45) is 1.76. The highest BCUT2D eigenvalue weighted by molar-refractivity contribution is 7.89. The van der Waals surface area contributed by atoms with Crippen molar-refractivity contribution in [2.24, 2.45) is 0 Å². The van der Waals surface area contributed by atoms with E-state index in [1.165, 1.54) is 10.4 Å². The molecule has 0 aliphatic carbocycles. The molecule has 1 aliphatic heterocycles. The van der Waals surface area contributed by atoms with E-state index in [0.29, 0.717) is 24.2 Å². The van der Waals surface area contributed by atoms with Crippen molar-refractivity contribution in [3.05, 3.63) is 64.7 Å². The zero-order valence-electron chi connectivity index (χ0n) is 16.0. The van der Waals surface area contributed by atoms with Gasteiger partial charge in [-0.3, -0.25) is 4.79 Å². The van der Waals surface area contributed by atoms with Crippen molar-refractivity contribution in [2.75, 3.05) is 13.1 Å². The minimum Gasteiger partial charge on any atom is -0.346 e. The van der Waals surface area contributed by atoms with Crippen LogP contribution in [-0.4, -0.2) is 31.7 Å². The average Bonchev–Trinajstić information content (AvgIpc) is 3.18. The van der Waals surface area contributed by atoms with Crippen LogP contribution in [0.3, 0.4) is 0 Å². The van der Waals surface area contributed by atoms with Crippen molar-refractivity contribution >= 4 is 15.9 Å². The first-order chi connectivity index (χ1) is 12.8. The fourth-order valence-electron chi connectivity index (χ4n) is 3.31. The van der Waals surface area contributed by atoms with Crippen molar-refractivity contribution in [1.29, 1.82) is 0 Å². The van der Waals surface area contributed by atoms with Gasteiger partial charge in [-0.1, -0.05) is 35.9 Å². The van der Waals surface area contributed by atoms with Gasteiger partial charge in [-0.25, -0.2) is 8.42 Å². The topological polar surface area (TPSA) is 66.5 Å². The quantitative estimate of drug-likeness (QED) is 0.854. The number of carbonyl (C=O) groups is 1. The minimum absolute atomic E-state index is 0.168. The lowest BCUT2D eigenvalue weighted by Gasteiger charge is -2.19. The van der Waals surface area contributed by atoms with Crippen LogP contribution in [0.25, 0.3) is 0 Å². The van der Waals surface area contributed by atoms with Gasteiger partial charge in [0.05, 0.1) is 10.9 Å². The van der Waals surface area contributed by atoms with Gasteiger partial charge < -0.3 is 5.32 Å². The number of hydrogen-bond acceptors (Lipinski definition) is 3. The number of nitrogens with one attached hydrogen (secondary N) is 1.